The van der Waals surface area contributed by atoms with Gasteiger partial charge in [-0.2, -0.15) is 0 Å². The van der Waals surface area contributed by atoms with E-state index in [1.807, 2.05) is 41.0 Å². The molecule has 2 aliphatic rings. The molecule has 2 aliphatic heterocycles. The quantitative estimate of drug-likeness (QED) is 0.404. The summed E-state index contributed by atoms with van der Waals surface area (Å²) >= 11 is 1.37. The molecule has 2 aromatic carbocycles. The number of methoxy groups -OCH3 is 1. The average Bonchev–Trinajstić information content (AvgIpc) is 3.31. The van der Waals surface area contributed by atoms with Gasteiger partial charge in [-0.3, -0.25) is 14.2 Å². The van der Waals surface area contributed by atoms with Crippen LogP contribution in [0.3, 0.4) is 0 Å². The highest BCUT2D eigenvalue weighted by Gasteiger charge is 2.24. The summed E-state index contributed by atoms with van der Waals surface area (Å²) in [5, 5.41) is 12.5. The Labute approximate surface area is 202 Å². The summed E-state index contributed by atoms with van der Waals surface area (Å²) in [5.74, 6) is 1.77. The summed E-state index contributed by atoms with van der Waals surface area (Å²) < 4.78 is 7.63. The SMILES string of the molecule is COc1ccccc1-n1c(SCC(=O)c2ccc3c(c2)CCC(=O)N3)nnc1N1CCCCC1. The Morgan fingerprint density at radius 1 is 1.09 bits per heavy atom. The van der Waals surface area contributed by atoms with E-state index in [1.54, 1.807) is 13.2 Å². The van der Waals surface area contributed by atoms with Crippen molar-refractivity contribution >= 4 is 35.1 Å². The zero-order valence-electron chi connectivity index (χ0n) is 19.1. The van der Waals surface area contributed by atoms with Crippen LogP contribution < -0.4 is 15.0 Å². The second kappa shape index (κ2) is 9.89. The van der Waals surface area contributed by atoms with Crippen LogP contribution in [0.1, 0.15) is 41.6 Å². The Hall–Kier alpha value is -3.33. The number of Topliss-reactive ketones (excluding diaryl/α,β-unsaturated/α-hetero) is 1. The number of nitrogens with zero attached hydrogens (tertiary/aromatic N) is 4. The van der Waals surface area contributed by atoms with Gasteiger partial charge in [0.25, 0.3) is 0 Å². The molecule has 5 rings (SSSR count). The van der Waals surface area contributed by atoms with Crippen molar-refractivity contribution in [2.45, 2.75) is 37.3 Å². The Balaban J connectivity index is 1.41. The van der Waals surface area contributed by atoms with Gasteiger partial charge in [0, 0.05) is 30.8 Å². The Morgan fingerprint density at radius 3 is 2.74 bits per heavy atom. The van der Waals surface area contributed by atoms with Crippen molar-refractivity contribution in [2.75, 3.05) is 36.2 Å². The molecular weight excluding hydrogens is 450 g/mol. The number of nitrogens with one attached hydrogen (secondary N) is 1. The summed E-state index contributed by atoms with van der Waals surface area (Å²) in [6.45, 7) is 1.87. The fourth-order valence-electron chi connectivity index (χ4n) is 4.45. The van der Waals surface area contributed by atoms with Crippen LogP contribution in [0.4, 0.5) is 11.6 Å². The summed E-state index contributed by atoms with van der Waals surface area (Å²) in [4.78, 5) is 26.9. The third-order valence-electron chi connectivity index (χ3n) is 6.24. The van der Waals surface area contributed by atoms with Crippen LogP contribution >= 0.6 is 11.8 Å². The van der Waals surface area contributed by atoms with Crippen molar-refractivity contribution in [1.29, 1.82) is 0 Å². The summed E-state index contributed by atoms with van der Waals surface area (Å²) in [5.41, 5.74) is 3.29. The number of para-hydroxylation sites is 2. The molecule has 9 heteroatoms. The molecule has 1 amide bonds. The van der Waals surface area contributed by atoms with Crippen molar-refractivity contribution in [3.05, 3.63) is 53.6 Å². The smallest absolute Gasteiger partial charge is 0.232 e. The van der Waals surface area contributed by atoms with Gasteiger partial charge in [0.05, 0.1) is 18.6 Å². The van der Waals surface area contributed by atoms with Gasteiger partial charge in [-0.25, -0.2) is 0 Å². The molecule has 34 heavy (non-hydrogen) atoms. The molecule has 1 aromatic heterocycles. The lowest BCUT2D eigenvalue weighted by Gasteiger charge is -2.28. The molecule has 176 valence electrons. The number of piperidine rings is 1. The molecule has 1 saturated heterocycles. The van der Waals surface area contributed by atoms with Crippen LogP contribution in [0.25, 0.3) is 5.69 Å². The first kappa shape index (κ1) is 22.5. The number of carbonyl (C=O) groups is 2. The Morgan fingerprint density at radius 2 is 1.91 bits per heavy atom. The van der Waals surface area contributed by atoms with Gasteiger partial charge in [-0.15, -0.1) is 10.2 Å². The van der Waals surface area contributed by atoms with Gasteiger partial charge in [0.2, 0.25) is 11.9 Å². The van der Waals surface area contributed by atoms with Gasteiger partial charge >= 0.3 is 0 Å². The van der Waals surface area contributed by atoms with Crippen LogP contribution in [-0.4, -0.2) is 52.4 Å². The maximum absolute atomic E-state index is 13.0. The lowest BCUT2D eigenvalue weighted by Crippen LogP contribution is -2.31. The molecular formula is C25H27N5O3S. The van der Waals surface area contributed by atoms with Crippen LogP contribution in [0.5, 0.6) is 5.75 Å². The molecule has 0 spiro atoms. The predicted octanol–water partition coefficient (Wildman–Crippen LogP) is 4.13. The molecule has 0 unspecified atom stereocenters. The summed E-state index contributed by atoms with van der Waals surface area (Å²) in [7, 11) is 1.65. The van der Waals surface area contributed by atoms with E-state index in [-0.39, 0.29) is 17.4 Å². The number of aryl methyl sites for hydroxylation is 1. The second-order valence-corrected chi connectivity index (χ2v) is 9.41. The van der Waals surface area contributed by atoms with E-state index in [4.69, 9.17) is 4.74 Å². The number of hydrogen-bond acceptors (Lipinski definition) is 7. The molecule has 0 atom stereocenters. The normalized spacial score (nSPS) is 15.6. The number of amides is 1. The highest BCUT2D eigenvalue weighted by Crippen LogP contribution is 2.33. The number of hydrogen-bond donors (Lipinski definition) is 1. The first-order valence-electron chi connectivity index (χ1n) is 11.6. The molecule has 0 aliphatic carbocycles. The maximum atomic E-state index is 13.0. The number of ether oxygens (including phenoxy) is 1. The van der Waals surface area contributed by atoms with E-state index in [0.717, 1.165) is 54.6 Å². The third-order valence-corrected chi connectivity index (χ3v) is 7.17. The molecule has 0 radical (unpaired) electrons. The van der Waals surface area contributed by atoms with E-state index >= 15 is 0 Å². The van der Waals surface area contributed by atoms with E-state index in [9.17, 15) is 9.59 Å². The Kier molecular flexibility index (Phi) is 6.53. The standard InChI is InChI=1S/C25H27N5O3S/c1-33-22-8-4-3-7-20(22)30-24(29-13-5-2-6-14-29)27-28-25(30)34-16-21(31)18-9-11-19-17(15-18)10-12-23(32)26-19/h3-4,7-9,11,15H,2,5-6,10,12-14,16H2,1H3,(H,26,32). The fraction of sp³-hybridized carbons (Fsp3) is 0.360. The Bertz CT molecular complexity index is 1220. The zero-order valence-corrected chi connectivity index (χ0v) is 19.9. The van der Waals surface area contributed by atoms with Crippen LogP contribution in [0.15, 0.2) is 47.6 Å². The molecule has 8 nitrogen and oxygen atoms in total. The van der Waals surface area contributed by atoms with Crippen LogP contribution in [0.2, 0.25) is 0 Å². The molecule has 3 aromatic rings. The van der Waals surface area contributed by atoms with Gasteiger partial charge in [-0.1, -0.05) is 23.9 Å². The number of anilines is 2. The van der Waals surface area contributed by atoms with Gasteiger partial charge < -0.3 is 15.0 Å². The number of ketones is 1. The lowest BCUT2D eigenvalue weighted by molar-refractivity contribution is -0.116. The topological polar surface area (TPSA) is 89.3 Å². The highest BCUT2D eigenvalue weighted by atomic mass is 32.2. The van der Waals surface area contributed by atoms with Gasteiger partial charge in [0.15, 0.2) is 10.9 Å². The largest absolute Gasteiger partial charge is 0.495 e. The molecule has 1 N–H and O–H groups in total. The van der Waals surface area contributed by atoms with Gasteiger partial charge in [-0.05, 0) is 61.6 Å². The molecule has 1 fully saturated rings. The van der Waals surface area contributed by atoms with E-state index in [0.29, 0.717) is 23.6 Å². The van der Waals surface area contributed by atoms with Crippen LogP contribution in [0, 0.1) is 0 Å². The second-order valence-electron chi connectivity index (χ2n) is 8.47. The minimum absolute atomic E-state index is 0.0128. The minimum atomic E-state index is 0.0128. The summed E-state index contributed by atoms with van der Waals surface area (Å²) in [6.07, 6.45) is 4.56. The average molecular weight is 478 g/mol. The lowest BCUT2D eigenvalue weighted by atomic mass is 9.99. The number of fused-ring (bicyclic) bond motifs is 1. The van der Waals surface area contributed by atoms with Crippen molar-refractivity contribution in [1.82, 2.24) is 14.8 Å². The predicted molar refractivity (Wildman–Crippen MR) is 132 cm³/mol. The van der Waals surface area contributed by atoms with Crippen molar-refractivity contribution in [3.63, 3.8) is 0 Å². The van der Waals surface area contributed by atoms with E-state index in [2.05, 4.69) is 20.4 Å². The van der Waals surface area contributed by atoms with E-state index < -0.39 is 0 Å². The number of aromatic nitrogens is 3. The summed E-state index contributed by atoms with van der Waals surface area (Å²) in [6, 6.07) is 13.3. The maximum Gasteiger partial charge on any atom is 0.232 e. The first-order chi connectivity index (χ1) is 16.6. The number of thioether (sulfide) groups is 1. The number of rotatable bonds is 7. The highest BCUT2D eigenvalue weighted by molar-refractivity contribution is 7.99. The molecule has 0 saturated carbocycles. The van der Waals surface area contributed by atoms with Gasteiger partial charge in [0.1, 0.15) is 5.75 Å². The monoisotopic (exact) mass is 477 g/mol. The molecule has 3 heterocycles. The van der Waals surface area contributed by atoms with E-state index in [1.165, 1.54) is 18.2 Å². The minimum Gasteiger partial charge on any atom is -0.495 e. The van der Waals surface area contributed by atoms with Crippen molar-refractivity contribution in [2.24, 2.45) is 0 Å². The third kappa shape index (κ3) is 4.52. The number of carbonyl (C=O) groups excluding carboxylic acids is 2. The zero-order chi connectivity index (χ0) is 23.5. The van der Waals surface area contributed by atoms with Crippen molar-refractivity contribution < 1.29 is 14.3 Å². The van der Waals surface area contributed by atoms with Crippen molar-refractivity contribution in [3.8, 4) is 11.4 Å². The molecule has 0 bridgehead atoms. The number of benzene rings is 2. The fourth-order valence-corrected chi connectivity index (χ4v) is 5.28. The van der Waals surface area contributed by atoms with Crippen LogP contribution in [-0.2, 0) is 11.2 Å². The first-order valence-corrected chi connectivity index (χ1v) is 12.5.